The Morgan fingerprint density at radius 1 is 1.20 bits per heavy atom. The molecule has 0 saturated heterocycles. The molecule has 6 heteroatoms. The summed E-state index contributed by atoms with van der Waals surface area (Å²) in [6, 6.07) is 15.5. The molecule has 0 bridgehead atoms. The Bertz CT molecular complexity index is 740. The van der Waals surface area contributed by atoms with Gasteiger partial charge >= 0.3 is 6.09 Å². The van der Waals surface area contributed by atoms with E-state index < -0.39 is 11.7 Å². The number of amides is 1. The molecule has 0 heterocycles. The Balaban J connectivity index is 2.02. The molecule has 0 unspecified atom stereocenters. The maximum Gasteiger partial charge on any atom is 0.428 e. The Kier molecular flexibility index (Phi) is 6.58. The van der Waals surface area contributed by atoms with Gasteiger partial charge in [0.25, 0.3) is 0 Å². The fourth-order valence-corrected chi connectivity index (χ4v) is 2.32. The summed E-state index contributed by atoms with van der Waals surface area (Å²) in [5, 5.41) is 3.93. The maximum atomic E-state index is 11.6. The minimum absolute atomic E-state index is 0.447. The van der Waals surface area contributed by atoms with Crippen molar-refractivity contribution in [1.29, 1.82) is 0 Å². The number of nitrogens with zero attached hydrogens (tertiary/aromatic N) is 1. The lowest BCUT2D eigenvalue weighted by atomic mass is 10.2. The van der Waals surface area contributed by atoms with E-state index in [4.69, 9.17) is 9.47 Å². The lowest BCUT2D eigenvalue weighted by molar-refractivity contribution is 0.0529. The summed E-state index contributed by atoms with van der Waals surface area (Å²) in [4.78, 5) is 11.6. The molecule has 5 nitrogen and oxygen atoms in total. The minimum atomic E-state index is -0.606. The second-order valence-corrected chi connectivity index (χ2v) is 7.24. The quantitative estimate of drug-likeness (QED) is 0.570. The number of hydrogen-bond donors (Lipinski definition) is 1. The third-order valence-corrected chi connectivity index (χ3v) is 3.46. The molecule has 0 atom stereocenters. The minimum Gasteiger partial charge on any atom is -0.488 e. The maximum absolute atomic E-state index is 11.6. The van der Waals surface area contributed by atoms with Crippen molar-refractivity contribution in [2.24, 2.45) is 5.10 Å². The van der Waals surface area contributed by atoms with Crippen LogP contribution in [-0.4, -0.2) is 17.9 Å². The number of nitrogens with one attached hydrogen (secondary N) is 1. The van der Waals surface area contributed by atoms with E-state index in [2.05, 4.69) is 26.5 Å². The Hall–Kier alpha value is -2.34. The zero-order chi connectivity index (χ0) is 18.3. The molecule has 0 aliphatic carbocycles. The molecule has 0 fully saturated rings. The number of carbonyl (C=O) groups excluding carboxylic acids is 1. The van der Waals surface area contributed by atoms with E-state index in [0.29, 0.717) is 12.4 Å². The molecule has 1 amide bonds. The van der Waals surface area contributed by atoms with Crippen LogP contribution in [0, 0.1) is 0 Å². The van der Waals surface area contributed by atoms with Crippen LogP contribution in [0.4, 0.5) is 4.79 Å². The predicted molar refractivity (Wildman–Crippen MR) is 102 cm³/mol. The highest BCUT2D eigenvalue weighted by atomic mass is 79.9. The summed E-state index contributed by atoms with van der Waals surface area (Å²) in [6.45, 7) is 5.82. The largest absolute Gasteiger partial charge is 0.488 e. The first-order valence-corrected chi connectivity index (χ1v) is 8.61. The number of hydrogen-bond acceptors (Lipinski definition) is 4. The van der Waals surface area contributed by atoms with Crippen molar-refractivity contribution in [2.45, 2.75) is 33.0 Å². The van der Waals surface area contributed by atoms with Gasteiger partial charge in [-0.2, -0.15) is 5.10 Å². The number of benzene rings is 2. The highest BCUT2D eigenvalue weighted by Gasteiger charge is 2.15. The number of halogens is 1. The number of carbonyl (C=O) groups is 1. The van der Waals surface area contributed by atoms with Crippen molar-refractivity contribution in [3.63, 3.8) is 0 Å². The molecule has 0 spiro atoms. The van der Waals surface area contributed by atoms with Crippen LogP contribution >= 0.6 is 15.9 Å². The monoisotopic (exact) mass is 404 g/mol. The molecule has 1 N–H and O–H groups in total. The average molecular weight is 405 g/mol. The van der Waals surface area contributed by atoms with E-state index in [0.717, 1.165) is 15.6 Å². The summed E-state index contributed by atoms with van der Waals surface area (Å²) < 4.78 is 11.9. The lowest BCUT2D eigenvalue weighted by Gasteiger charge is -2.18. The van der Waals surface area contributed by atoms with Gasteiger partial charge in [-0.15, -0.1) is 0 Å². The molecule has 132 valence electrons. The van der Waals surface area contributed by atoms with Gasteiger partial charge in [0.15, 0.2) is 0 Å². The fraction of sp³-hybridized carbons (Fsp3) is 0.263. The second kappa shape index (κ2) is 8.67. The van der Waals surface area contributed by atoms with Crippen LogP contribution in [0.15, 0.2) is 58.1 Å². The van der Waals surface area contributed by atoms with Crippen LogP contribution in [0.5, 0.6) is 5.75 Å². The highest BCUT2D eigenvalue weighted by Crippen LogP contribution is 2.22. The van der Waals surface area contributed by atoms with Crippen LogP contribution in [0.2, 0.25) is 0 Å². The van der Waals surface area contributed by atoms with E-state index >= 15 is 0 Å². The molecule has 0 aliphatic rings. The van der Waals surface area contributed by atoms with Crippen molar-refractivity contribution in [3.8, 4) is 5.75 Å². The first kappa shape index (κ1) is 19.0. The Morgan fingerprint density at radius 3 is 2.60 bits per heavy atom. The van der Waals surface area contributed by atoms with E-state index in [9.17, 15) is 4.79 Å². The van der Waals surface area contributed by atoms with E-state index in [1.807, 2.05) is 48.5 Å². The fourth-order valence-electron chi connectivity index (χ4n) is 1.94. The Labute approximate surface area is 156 Å². The van der Waals surface area contributed by atoms with Gasteiger partial charge in [0, 0.05) is 10.0 Å². The van der Waals surface area contributed by atoms with Crippen molar-refractivity contribution in [1.82, 2.24) is 5.43 Å². The van der Waals surface area contributed by atoms with Gasteiger partial charge in [-0.3, -0.25) is 0 Å². The van der Waals surface area contributed by atoms with Crippen molar-refractivity contribution in [3.05, 3.63) is 64.1 Å². The number of ether oxygens (including phenoxy) is 2. The lowest BCUT2D eigenvalue weighted by Crippen LogP contribution is -2.29. The van der Waals surface area contributed by atoms with Gasteiger partial charge in [-0.05, 0) is 44.5 Å². The molecule has 0 saturated carbocycles. The first-order chi connectivity index (χ1) is 11.8. The first-order valence-electron chi connectivity index (χ1n) is 7.82. The smallest absolute Gasteiger partial charge is 0.428 e. The van der Waals surface area contributed by atoms with Crippen LogP contribution in [0.25, 0.3) is 0 Å². The van der Waals surface area contributed by atoms with Crippen LogP contribution < -0.4 is 10.2 Å². The summed E-state index contributed by atoms with van der Waals surface area (Å²) in [6.07, 6.45) is 0.917. The third kappa shape index (κ3) is 6.97. The zero-order valence-corrected chi connectivity index (χ0v) is 16.0. The van der Waals surface area contributed by atoms with Crippen LogP contribution in [-0.2, 0) is 11.3 Å². The summed E-state index contributed by atoms with van der Waals surface area (Å²) in [5.74, 6) is 0.668. The summed E-state index contributed by atoms with van der Waals surface area (Å²) >= 11 is 3.42. The molecule has 2 aromatic carbocycles. The zero-order valence-electron chi connectivity index (χ0n) is 14.5. The van der Waals surface area contributed by atoms with Gasteiger partial charge in [0.1, 0.15) is 18.0 Å². The molecular weight excluding hydrogens is 384 g/mol. The number of hydrazone groups is 1. The predicted octanol–water partition coefficient (Wildman–Crippen LogP) is 4.89. The molecule has 25 heavy (non-hydrogen) atoms. The molecular formula is C19H21BrN2O3. The van der Waals surface area contributed by atoms with Crippen molar-refractivity contribution >= 4 is 28.2 Å². The van der Waals surface area contributed by atoms with Gasteiger partial charge in [-0.1, -0.05) is 46.3 Å². The molecule has 2 aromatic rings. The molecule has 0 radical (unpaired) electrons. The normalized spacial score (nSPS) is 11.4. The standard InChI is InChI=1S/C19H21BrN2O3/c1-19(2,3)25-18(23)22-21-12-15-11-16(20)9-10-17(15)24-13-14-7-5-4-6-8-14/h4-12H,13H2,1-3H3,(H,22,23)/b21-12-. The highest BCUT2D eigenvalue weighted by molar-refractivity contribution is 9.10. The van der Waals surface area contributed by atoms with E-state index in [1.54, 1.807) is 20.8 Å². The third-order valence-electron chi connectivity index (χ3n) is 2.97. The Morgan fingerprint density at radius 2 is 1.92 bits per heavy atom. The van der Waals surface area contributed by atoms with Crippen LogP contribution in [0.1, 0.15) is 31.9 Å². The topological polar surface area (TPSA) is 59.9 Å². The summed E-state index contributed by atoms with van der Waals surface area (Å²) in [7, 11) is 0. The molecule has 0 aliphatic heterocycles. The number of rotatable bonds is 5. The second-order valence-electron chi connectivity index (χ2n) is 6.33. The summed E-state index contributed by atoms with van der Waals surface area (Å²) in [5.41, 5.74) is 3.58. The van der Waals surface area contributed by atoms with Crippen molar-refractivity contribution in [2.75, 3.05) is 0 Å². The van der Waals surface area contributed by atoms with Gasteiger partial charge in [0.2, 0.25) is 0 Å². The van der Waals surface area contributed by atoms with E-state index in [1.165, 1.54) is 6.21 Å². The average Bonchev–Trinajstić information content (AvgIpc) is 2.53. The van der Waals surface area contributed by atoms with Gasteiger partial charge in [-0.25, -0.2) is 10.2 Å². The van der Waals surface area contributed by atoms with Crippen molar-refractivity contribution < 1.29 is 14.3 Å². The van der Waals surface area contributed by atoms with E-state index in [-0.39, 0.29) is 0 Å². The molecule has 2 rings (SSSR count). The van der Waals surface area contributed by atoms with Crippen LogP contribution in [0.3, 0.4) is 0 Å². The SMILES string of the molecule is CC(C)(C)OC(=O)N/N=C\c1cc(Br)ccc1OCc1ccccc1. The van der Waals surface area contributed by atoms with Gasteiger partial charge in [0.05, 0.1) is 6.21 Å². The molecule has 0 aromatic heterocycles. The van der Waals surface area contributed by atoms with Gasteiger partial charge < -0.3 is 9.47 Å².